The number of nitroso groups, excluding NO2 is 1. The average molecular weight is 328 g/mol. The highest BCUT2D eigenvalue weighted by Crippen LogP contribution is 2.64. The Morgan fingerprint density at radius 1 is 1.17 bits per heavy atom. The first-order chi connectivity index (χ1) is 11.7. The summed E-state index contributed by atoms with van der Waals surface area (Å²) in [5.41, 5.74) is 3.06. The number of fused-ring (bicyclic) bond motifs is 5. The number of rotatable bonds is 4. The molecule has 4 aliphatic rings. The minimum atomic E-state index is 0.615. The standard InChI is InChI=1S/C22H33NO/c1-3-4-5-16-7-11-21-20-9-6-15-14-17(23-24)8-10-18(15)19(20)12-13-22(16,21)2/h8,10,15-16,19-21H,3-7,9,11-14H2,1-2H3/t15?,16?,19?,20?,21?,22-/m1/s1. The Morgan fingerprint density at radius 2 is 2.04 bits per heavy atom. The van der Waals surface area contributed by atoms with E-state index in [2.05, 4.69) is 25.1 Å². The number of allylic oxidation sites excluding steroid dienone is 4. The van der Waals surface area contributed by atoms with Gasteiger partial charge in [-0.3, -0.25) is 0 Å². The van der Waals surface area contributed by atoms with E-state index >= 15 is 0 Å². The van der Waals surface area contributed by atoms with E-state index in [0.717, 1.165) is 35.8 Å². The summed E-state index contributed by atoms with van der Waals surface area (Å²) in [5, 5.41) is 3.21. The molecule has 3 fully saturated rings. The zero-order valence-electron chi connectivity index (χ0n) is 15.5. The molecule has 4 rings (SSSR count). The van der Waals surface area contributed by atoms with Crippen LogP contribution in [0.15, 0.2) is 28.6 Å². The second kappa shape index (κ2) is 6.42. The lowest BCUT2D eigenvalue weighted by molar-refractivity contribution is 0.000779. The van der Waals surface area contributed by atoms with Crippen LogP contribution in [0.4, 0.5) is 0 Å². The van der Waals surface area contributed by atoms with Crippen LogP contribution in [0.25, 0.3) is 0 Å². The molecule has 4 aliphatic carbocycles. The van der Waals surface area contributed by atoms with E-state index in [9.17, 15) is 4.91 Å². The molecule has 0 bridgehead atoms. The Kier molecular flexibility index (Phi) is 4.43. The van der Waals surface area contributed by atoms with Crippen molar-refractivity contribution in [2.45, 2.75) is 78.1 Å². The van der Waals surface area contributed by atoms with Crippen molar-refractivity contribution in [3.8, 4) is 0 Å². The van der Waals surface area contributed by atoms with Crippen LogP contribution in [-0.2, 0) is 0 Å². The Labute approximate surface area is 147 Å². The normalized spacial score (nSPS) is 44.0. The molecule has 0 aromatic heterocycles. The van der Waals surface area contributed by atoms with Gasteiger partial charge in [0, 0.05) is 0 Å². The Bertz CT molecular complexity index is 562. The van der Waals surface area contributed by atoms with Crippen molar-refractivity contribution in [3.63, 3.8) is 0 Å². The van der Waals surface area contributed by atoms with Crippen LogP contribution in [0.5, 0.6) is 0 Å². The zero-order chi connectivity index (χ0) is 16.7. The van der Waals surface area contributed by atoms with Gasteiger partial charge in [0.2, 0.25) is 0 Å². The summed E-state index contributed by atoms with van der Waals surface area (Å²) >= 11 is 0. The van der Waals surface area contributed by atoms with E-state index < -0.39 is 0 Å². The lowest BCUT2D eigenvalue weighted by Crippen LogP contribution is -2.45. The number of nitrogens with zero attached hydrogens (tertiary/aromatic N) is 1. The van der Waals surface area contributed by atoms with E-state index in [4.69, 9.17) is 0 Å². The molecule has 6 atom stereocenters. The Hall–Kier alpha value is -0.920. The van der Waals surface area contributed by atoms with Crippen molar-refractivity contribution >= 4 is 0 Å². The largest absolute Gasteiger partial charge is 0.145 e. The molecule has 5 unspecified atom stereocenters. The molecule has 0 heterocycles. The summed E-state index contributed by atoms with van der Waals surface area (Å²) in [6.07, 6.45) is 17.9. The molecule has 0 amide bonds. The van der Waals surface area contributed by atoms with Crippen molar-refractivity contribution in [1.29, 1.82) is 0 Å². The summed E-state index contributed by atoms with van der Waals surface area (Å²) in [4.78, 5) is 10.9. The quantitative estimate of drug-likeness (QED) is 0.533. The molecule has 3 saturated carbocycles. The predicted molar refractivity (Wildman–Crippen MR) is 99.4 cm³/mol. The van der Waals surface area contributed by atoms with Crippen molar-refractivity contribution < 1.29 is 0 Å². The predicted octanol–water partition coefficient (Wildman–Crippen LogP) is 6.63. The monoisotopic (exact) mass is 327 g/mol. The SMILES string of the molecule is CCCCC1CCC2C3CCC4CC(N=O)=CC=C4C3CC[C@]12C. The fraction of sp³-hybridized carbons (Fsp3) is 0.818. The summed E-state index contributed by atoms with van der Waals surface area (Å²) in [7, 11) is 0. The maximum Gasteiger partial charge on any atom is 0.0854 e. The van der Waals surface area contributed by atoms with E-state index in [-0.39, 0.29) is 0 Å². The van der Waals surface area contributed by atoms with Crippen molar-refractivity contribution in [2.24, 2.45) is 40.2 Å². The Morgan fingerprint density at radius 3 is 2.83 bits per heavy atom. The summed E-state index contributed by atoms with van der Waals surface area (Å²) in [6, 6.07) is 0. The first-order valence-electron chi connectivity index (χ1n) is 10.4. The zero-order valence-corrected chi connectivity index (χ0v) is 15.5. The van der Waals surface area contributed by atoms with Crippen LogP contribution >= 0.6 is 0 Å². The molecule has 2 nitrogen and oxygen atoms in total. The highest BCUT2D eigenvalue weighted by molar-refractivity contribution is 5.30. The lowest BCUT2D eigenvalue weighted by Gasteiger charge is -2.53. The summed E-state index contributed by atoms with van der Waals surface area (Å²) < 4.78 is 0. The van der Waals surface area contributed by atoms with Gasteiger partial charge in [0.15, 0.2) is 0 Å². The first-order valence-corrected chi connectivity index (χ1v) is 10.4. The van der Waals surface area contributed by atoms with Crippen molar-refractivity contribution in [1.82, 2.24) is 0 Å². The molecule has 2 heteroatoms. The molecule has 0 aromatic rings. The van der Waals surface area contributed by atoms with E-state index in [0.29, 0.717) is 11.3 Å². The lowest BCUT2D eigenvalue weighted by atomic mass is 9.52. The van der Waals surface area contributed by atoms with Crippen LogP contribution in [0.1, 0.15) is 78.1 Å². The molecule has 0 aliphatic heterocycles. The fourth-order valence-corrected chi connectivity index (χ4v) is 7.06. The van der Waals surface area contributed by atoms with Gasteiger partial charge in [0.25, 0.3) is 0 Å². The van der Waals surface area contributed by atoms with Gasteiger partial charge in [0.1, 0.15) is 0 Å². The number of unbranched alkanes of at least 4 members (excludes halogenated alkanes) is 1. The van der Waals surface area contributed by atoms with Gasteiger partial charge in [-0.15, -0.1) is 4.91 Å². The topological polar surface area (TPSA) is 29.4 Å². The molecular formula is C22H33NO. The molecule has 0 radical (unpaired) electrons. The van der Waals surface area contributed by atoms with E-state index in [1.807, 2.05) is 6.08 Å². The van der Waals surface area contributed by atoms with Gasteiger partial charge < -0.3 is 0 Å². The van der Waals surface area contributed by atoms with Crippen LogP contribution in [0, 0.1) is 39.9 Å². The van der Waals surface area contributed by atoms with Crippen LogP contribution in [0.2, 0.25) is 0 Å². The first kappa shape index (κ1) is 16.5. The number of hydrogen-bond donors (Lipinski definition) is 0. The summed E-state index contributed by atoms with van der Waals surface area (Å²) in [6.45, 7) is 4.97. The van der Waals surface area contributed by atoms with Crippen molar-refractivity contribution in [2.75, 3.05) is 0 Å². The third-order valence-electron chi connectivity index (χ3n) is 8.33. The van der Waals surface area contributed by atoms with Crippen LogP contribution in [0.3, 0.4) is 0 Å². The van der Waals surface area contributed by atoms with Gasteiger partial charge in [-0.25, -0.2) is 0 Å². The number of hydrogen-bond acceptors (Lipinski definition) is 2. The molecule has 0 saturated heterocycles. The molecule has 0 spiro atoms. The smallest absolute Gasteiger partial charge is 0.0854 e. The second-order valence-electron chi connectivity index (χ2n) is 9.23. The highest BCUT2D eigenvalue weighted by Gasteiger charge is 2.55. The van der Waals surface area contributed by atoms with E-state index in [1.54, 1.807) is 5.57 Å². The minimum Gasteiger partial charge on any atom is -0.145 e. The van der Waals surface area contributed by atoms with Crippen molar-refractivity contribution in [3.05, 3.63) is 28.3 Å². The van der Waals surface area contributed by atoms with Gasteiger partial charge in [0.05, 0.1) is 5.70 Å². The van der Waals surface area contributed by atoms with Gasteiger partial charge in [-0.2, -0.15) is 0 Å². The minimum absolute atomic E-state index is 0.615. The summed E-state index contributed by atoms with van der Waals surface area (Å²) in [5.74, 6) is 4.26. The van der Waals surface area contributed by atoms with Gasteiger partial charge >= 0.3 is 0 Å². The molecule has 0 N–H and O–H groups in total. The molecule has 24 heavy (non-hydrogen) atoms. The molecule has 0 aromatic carbocycles. The highest BCUT2D eigenvalue weighted by atomic mass is 16.3. The van der Waals surface area contributed by atoms with Gasteiger partial charge in [-0.1, -0.05) is 38.3 Å². The molecular weight excluding hydrogens is 294 g/mol. The third-order valence-corrected chi connectivity index (χ3v) is 8.33. The van der Waals surface area contributed by atoms with Gasteiger partial charge in [-0.05, 0) is 97.6 Å². The second-order valence-corrected chi connectivity index (χ2v) is 9.23. The maximum atomic E-state index is 10.9. The maximum absolute atomic E-state index is 10.9. The molecule has 132 valence electrons. The van der Waals surface area contributed by atoms with E-state index in [1.165, 1.54) is 57.8 Å². The van der Waals surface area contributed by atoms with Crippen LogP contribution < -0.4 is 0 Å². The third kappa shape index (κ3) is 2.52. The average Bonchev–Trinajstić information content (AvgIpc) is 2.95. The van der Waals surface area contributed by atoms with Crippen LogP contribution in [-0.4, -0.2) is 0 Å². The Balaban J connectivity index is 1.55. The fourth-order valence-electron chi connectivity index (χ4n) is 7.06.